The van der Waals surface area contributed by atoms with E-state index in [1.807, 2.05) is 27.7 Å². The largest absolute Gasteiger partial charge is 0.369 e. The summed E-state index contributed by atoms with van der Waals surface area (Å²) in [7, 11) is 1.69. The van der Waals surface area contributed by atoms with E-state index in [4.69, 9.17) is 28.9 Å². The third-order valence-corrected chi connectivity index (χ3v) is 3.10. The number of carbonyl (C=O) groups excluding carboxylic acids is 1. The molecule has 0 aliphatic rings. The monoisotopic (exact) mass is 330 g/mol. The summed E-state index contributed by atoms with van der Waals surface area (Å²) < 4.78 is 0. The molecule has 0 atom stereocenters. The van der Waals surface area contributed by atoms with E-state index in [2.05, 4.69) is 10.3 Å². The van der Waals surface area contributed by atoms with Crippen molar-refractivity contribution in [2.45, 2.75) is 33.2 Å². The van der Waals surface area contributed by atoms with Crippen molar-refractivity contribution >= 4 is 40.9 Å². The number of urea groups is 1. The smallest absolute Gasteiger partial charge is 0.344 e. The molecule has 21 heavy (non-hydrogen) atoms. The van der Waals surface area contributed by atoms with Gasteiger partial charge < -0.3 is 16.0 Å². The predicted molar refractivity (Wildman–Crippen MR) is 89.5 cm³/mol. The van der Waals surface area contributed by atoms with Crippen molar-refractivity contribution in [2.24, 2.45) is 10.7 Å². The summed E-state index contributed by atoms with van der Waals surface area (Å²) >= 11 is 12.1. The fourth-order valence-electron chi connectivity index (χ4n) is 1.76. The summed E-state index contributed by atoms with van der Waals surface area (Å²) in [5.41, 5.74) is 6.98. The summed E-state index contributed by atoms with van der Waals surface area (Å²) in [6.45, 7) is 7.44. The van der Waals surface area contributed by atoms with Crippen LogP contribution in [0.2, 0.25) is 10.0 Å². The summed E-state index contributed by atoms with van der Waals surface area (Å²) in [5, 5.41) is 3.69. The minimum Gasteiger partial charge on any atom is -0.369 e. The van der Waals surface area contributed by atoms with E-state index in [0.717, 1.165) is 5.56 Å². The van der Waals surface area contributed by atoms with Crippen LogP contribution in [0.1, 0.15) is 26.3 Å². The van der Waals surface area contributed by atoms with Crippen LogP contribution < -0.4 is 16.0 Å². The number of benzene rings is 1. The number of guanidine groups is 1. The molecule has 1 rings (SSSR count). The third kappa shape index (κ3) is 5.10. The fourth-order valence-corrected chi connectivity index (χ4v) is 2.48. The van der Waals surface area contributed by atoms with E-state index in [1.54, 1.807) is 24.1 Å². The number of nitrogens with zero attached hydrogens (tertiary/aromatic N) is 2. The lowest BCUT2D eigenvalue weighted by Crippen LogP contribution is -2.42. The van der Waals surface area contributed by atoms with Gasteiger partial charge in [-0.25, -0.2) is 4.79 Å². The Morgan fingerprint density at radius 2 is 1.90 bits per heavy atom. The molecular weight excluding hydrogens is 311 g/mol. The number of amides is 2. The Hall–Kier alpha value is -1.46. The number of carbonyl (C=O) groups is 1. The quantitative estimate of drug-likeness (QED) is 0.610. The normalized spacial score (nSPS) is 12.2. The number of nitrogens with one attached hydrogen (secondary N) is 1. The maximum Gasteiger partial charge on any atom is 0.344 e. The highest BCUT2D eigenvalue weighted by Gasteiger charge is 2.17. The Bertz CT molecular complexity index is 556. The van der Waals surface area contributed by atoms with Crippen LogP contribution in [0.3, 0.4) is 0 Å². The topological polar surface area (TPSA) is 70.7 Å². The van der Waals surface area contributed by atoms with Crippen molar-refractivity contribution in [1.29, 1.82) is 0 Å². The molecule has 0 aliphatic carbocycles. The van der Waals surface area contributed by atoms with Crippen LogP contribution in [0.15, 0.2) is 17.1 Å². The lowest BCUT2D eigenvalue weighted by molar-refractivity contribution is 0.241. The molecule has 0 aliphatic heterocycles. The summed E-state index contributed by atoms with van der Waals surface area (Å²) in [4.78, 5) is 17.1. The maximum absolute atomic E-state index is 11.8. The van der Waals surface area contributed by atoms with Crippen LogP contribution in [0.25, 0.3) is 0 Å². The highest BCUT2D eigenvalue weighted by Crippen LogP contribution is 2.32. The van der Waals surface area contributed by atoms with E-state index in [9.17, 15) is 4.79 Å². The van der Waals surface area contributed by atoms with Gasteiger partial charge in [0, 0.05) is 17.6 Å². The van der Waals surface area contributed by atoms with Gasteiger partial charge in [0.2, 0.25) is 5.96 Å². The van der Waals surface area contributed by atoms with E-state index in [-0.39, 0.29) is 11.5 Å². The van der Waals surface area contributed by atoms with E-state index < -0.39 is 6.03 Å². The molecule has 0 spiro atoms. The molecule has 1 aromatic carbocycles. The summed E-state index contributed by atoms with van der Waals surface area (Å²) in [6, 6.07) is 2.88. The van der Waals surface area contributed by atoms with Crippen molar-refractivity contribution in [1.82, 2.24) is 5.32 Å². The van der Waals surface area contributed by atoms with Gasteiger partial charge in [-0.05, 0) is 45.4 Å². The van der Waals surface area contributed by atoms with Crippen LogP contribution in [-0.4, -0.2) is 24.6 Å². The second kappa shape index (κ2) is 6.54. The molecule has 0 heterocycles. The number of hydrogen-bond donors (Lipinski definition) is 2. The van der Waals surface area contributed by atoms with Crippen LogP contribution in [0, 0.1) is 6.92 Å². The molecule has 1 aromatic rings. The third-order valence-electron chi connectivity index (χ3n) is 2.60. The molecule has 0 bridgehead atoms. The maximum atomic E-state index is 11.8. The minimum atomic E-state index is -0.505. The van der Waals surface area contributed by atoms with Gasteiger partial charge in [-0.15, -0.1) is 0 Å². The van der Waals surface area contributed by atoms with Gasteiger partial charge in [-0.2, -0.15) is 4.99 Å². The first-order valence-electron chi connectivity index (χ1n) is 6.37. The standard InChI is InChI=1S/C14H20Cl2N4O/c1-8-6-9(15)7-10(16)11(8)20(5)12(17)18-13(21)19-14(2,3)4/h6-7H,1-5H3,(H3,17,18,19,21). The van der Waals surface area contributed by atoms with Gasteiger partial charge in [-0.1, -0.05) is 23.2 Å². The zero-order valence-electron chi connectivity index (χ0n) is 12.8. The first-order chi connectivity index (χ1) is 9.51. The number of nitrogens with two attached hydrogens (primary N) is 1. The average Bonchev–Trinajstić information content (AvgIpc) is 2.24. The van der Waals surface area contributed by atoms with Crippen molar-refractivity contribution < 1.29 is 4.79 Å². The van der Waals surface area contributed by atoms with Gasteiger partial charge in [0.25, 0.3) is 0 Å². The predicted octanol–water partition coefficient (Wildman–Crippen LogP) is 3.56. The first-order valence-corrected chi connectivity index (χ1v) is 7.12. The molecule has 7 heteroatoms. The Labute approximate surface area is 135 Å². The Balaban J connectivity index is 3.03. The van der Waals surface area contributed by atoms with Crippen molar-refractivity contribution in [2.75, 3.05) is 11.9 Å². The van der Waals surface area contributed by atoms with Crippen molar-refractivity contribution in [3.63, 3.8) is 0 Å². The van der Waals surface area contributed by atoms with Crippen molar-refractivity contribution in [3.8, 4) is 0 Å². The van der Waals surface area contributed by atoms with Gasteiger partial charge >= 0.3 is 6.03 Å². The van der Waals surface area contributed by atoms with Gasteiger partial charge in [0.05, 0.1) is 10.7 Å². The Morgan fingerprint density at radius 3 is 2.38 bits per heavy atom. The molecule has 116 valence electrons. The molecule has 2 amide bonds. The first kappa shape index (κ1) is 17.6. The second-order valence-corrected chi connectivity index (χ2v) is 6.61. The number of anilines is 1. The van der Waals surface area contributed by atoms with Crippen LogP contribution in [0.5, 0.6) is 0 Å². The van der Waals surface area contributed by atoms with Crippen LogP contribution in [0.4, 0.5) is 10.5 Å². The van der Waals surface area contributed by atoms with E-state index in [1.165, 1.54) is 0 Å². The molecule has 0 unspecified atom stereocenters. The molecule has 0 saturated carbocycles. The summed E-state index contributed by atoms with van der Waals surface area (Å²) in [6.07, 6.45) is 0. The SMILES string of the molecule is Cc1cc(Cl)cc(Cl)c1N(C)/C(N)=N\C(=O)NC(C)(C)C. The van der Waals surface area contributed by atoms with Gasteiger partial charge in [-0.3, -0.25) is 0 Å². The molecule has 5 nitrogen and oxygen atoms in total. The lowest BCUT2D eigenvalue weighted by atomic mass is 10.1. The Morgan fingerprint density at radius 1 is 1.33 bits per heavy atom. The molecule has 3 N–H and O–H groups in total. The molecular formula is C14H20Cl2N4O. The molecule has 0 fully saturated rings. The molecule has 0 aromatic heterocycles. The number of halogens is 2. The number of aliphatic imine (C=N–C) groups is 1. The number of aryl methyl sites for hydroxylation is 1. The zero-order chi connectivity index (χ0) is 16.4. The molecule has 0 radical (unpaired) electrons. The number of rotatable bonds is 1. The minimum absolute atomic E-state index is 0.0454. The van der Waals surface area contributed by atoms with Gasteiger partial charge in [0.15, 0.2) is 0 Å². The fraction of sp³-hybridized carbons (Fsp3) is 0.429. The van der Waals surface area contributed by atoms with Crippen LogP contribution >= 0.6 is 23.2 Å². The average molecular weight is 331 g/mol. The lowest BCUT2D eigenvalue weighted by Gasteiger charge is -2.23. The molecule has 0 saturated heterocycles. The highest BCUT2D eigenvalue weighted by atomic mass is 35.5. The van der Waals surface area contributed by atoms with Gasteiger partial charge in [0.1, 0.15) is 0 Å². The van der Waals surface area contributed by atoms with E-state index >= 15 is 0 Å². The Kier molecular flexibility index (Phi) is 5.48. The highest BCUT2D eigenvalue weighted by molar-refractivity contribution is 6.37. The van der Waals surface area contributed by atoms with Crippen molar-refractivity contribution in [3.05, 3.63) is 27.7 Å². The summed E-state index contributed by atoms with van der Waals surface area (Å²) in [5.74, 6) is 0.0454. The van der Waals surface area contributed by atoms with E-state index in [0.29, 0.717) is 15.7 Å². The number of hydrogen-bond acceptors (Lipinski definition) is 1. The second-order valence-electron chi connectivity index (χ2n) is 5.76. The van der Waals surface area contributed by atoms with Crippen LogP contribution in [-0.2, 0) is 0 Å². The zero-order valence-corrected chi connectivity index (χ0v) is 14.3.